The molecule has 1 nitrogen and oxygen atoms in total. The molecule has 0 unspecified atom stereocenters. The summed E-state index contributed by atoms with van der Waals surface area (Å²) in [7, 11) is 0. The summed E-state index contributed by atoms with van der Waals surface area (Å²) >= 11 is 17.7. The van der Waals surface area contributed by atoms with Crippen LogP contribution in [0.1, 0.15) is 0 Å². The van der Waals surface area contributed by atoms with Gasteiger partial charge in [0, 0.05) is 14.8 Å². The zero-order chi connectivity index (χ0) is 15.2. The van der Waals surface area contributed by atoms with Crippen LogP contribution in [-0.4, -0.2) is 6.61 Å². The van der Waals surface area contributed by atoms with E-state index >= 15 is 0 Å². The van der Waals surface area contributed by atoms with Crippen LogP contribution in [0.25, 0.3) is 0 Å². The first kappa shape index (κ1) is 17.4. The van der Waals surface area contributed by atoms with Crippen molar-refractivity contribution in [3.63, 3.8) is 0 Å². The summed E-state index contributed by atoms with van der Waals surface area (Å²) < 4.78 is 7.47. The van der Waals surface area contributed by atoms with E-state index in [1.807, 2.05) is 48.5 Å². The van der Waals surface area contributed by atoms with E-state index in [-0.39, 0.29) is 0 Å². The number of rotatable bonds is 5. The van der Waals surface area contributed by atoms with Crippen LogP contribution in [0, 0.1) is 0 Å². The van der Waals surface area contributed by atoms with Crippen molar-refractivity contribution in [2.75, 3.05) is 6.61 Å². The van der Waals surface area contributed by atoms with Gasteiger partial charge in [-0.15, -0.1) is 0 Å². The Morgan fingerprint density at radius 3 is 2.38 bits per heavy atom. The molecule has 0 aromatic heterocycles. The maximum atomic E-state index is 5.89. The Hall–Kier alpha value is 0.0600. The quantitative estimate of drug-likeness (QED) is 0.416. The third-order valence-electron chi connectivity index (χ3n) is 2.43. The van der Waals surface area contributed by atoms with E-state index in [0.717, 1.165) is 28.4 Å². The minimum absolute atomic E-state index is 0.494. The van der Waals surface area contributed by atoms with E-state index in [4.69, 9.17) is 16.3 Å². The Bertz CT molecular complexity index is 640. The molecule has 21 heavy (non-hydrogen) atoms. The minimum atomic E-state index is 0.494. The second kappa shape index (κ2) is 8.63. The number of hydrogen-bond donors (Lipinski definition) is 0. The highest BCUT2D eigenvalue weighted by atomic mass is 79.9. The fourth-order valence-electron chi connectivity index (χ4n) is 1.50. The molecule has 0 N–H and O–H groups in total. The van der Waals surface area contributed by atoms with Gasteiger partial charge in [0.2, 0.25) is 0 Å². The molecule has 0 saturated carbocycles. The number of ether oxygens (including phenoxy) is 1. The highest BCUT2D eigenvalue weighted by Crippen LogP contribution is 2.34. The molecular formula is C15H10Br3ClOS. The molecule has 0 radical (unpaired) electrons. The summed E-state index contributed by atoms with van der Waals surface area (Å²) in [6, 6.07) is 13.8. The predicted octanol–water partition coefficient (Wildman–Crippen LogP) is 7.26. The first-order chi connectivity index (χ1) is 10.0. The normalized spacial score (nSPS) is 10.3. The molecule has 2 aromatic carbocycles. The third-order valence-corrected chi connectivity index (χ3v) is 4.95. The molecule has 0 aliphatic carbocycles. The van der Waals surface area contributed by atoms with Crippen LogP contribution >= 0.6 is 71.2 Å². The van der Waals surface area contributed by atoms with Crippen LogP contribution in [0.5, 0.6) is 5.75 Å². The molecule has 0 amide bonds. The van der Waals surface area contributed by atoms with E-state index in [1.54, 1.807) is 11.8 Å². The number of halogens is 4. The lowest BCUT2D eigenvalue weighted by molar-refractivity contribution is 0.360. The molecule has 0 heterocycles. The standard InChI is InChI=1S/C15H10Br3ClOS/c16-13-9-12(21-11-3-1-10(19)2-4-11)5-6-14(13)20-8-7-15(17)18/h1-7,9H,8H2. The van der Waals surface area contributed by atoms with E-state index in [9.17, 15) is 0 Å². The van der Waals surface area contributed by atoms with Gasteiger partial charge in [-0.2, -0.15) is 0 Å². The third kappa shape index (κ3) is 5.99. The van der Waals surface area contributed by atoms with Crippen LogP contribution in [-0.2, 0) is 0 Å². The molecular weight excluding hydrogens is 503 g/mol. The second-order valence-electron chi connectivity index (χ2n) is 3.95. The predicted molar refractivity (Wildman–Crippen MR) is 101 cm³/mol. The lowest BCUT2D eigenvalue weighted by atomic mass is 10.3. The molecule has 2 rings (SSSR count). The summed E-state index contributed by atoms with van der Waals surface area (Å²) in [6.07, 6.45) is 1.89. The van der Waals surface area contributed by atoms with Gasteiger partial charge in [-0.1, -0.05) is 23.4 Å². The van der Waals surface area contributed by atoms with Crippen molar-refractivity contribution in [3.8, 4) is 5.75 Å². The van der Waals surface area contributed by atoms with Crippen molar-refractivity contribution in [3.05, 3.63) is 61.4 Å². The Kier molecular flexibility index (Phi) is 7.16. The molecule has 0 aliphatic heterocycles. The largest absolute Gasteiger partial charge is 0.488 e. The fourth-order valence-corrected chi connectivity index (χ4v) is 3.39. The molecule has 0 saturated heterocycles. The average molecular weight is 513 g/mol. The first-order valence-electron chi connectivity index (χ1n) is 5.91. The second-order valence-corrected chi connectivity index (χ2v) is 9.16. The van der Waals surface area contributed by atoms with Crippen molar-refractivity contribution in [2.45, 2.75) is 9.79 Å². The van der Waals surface area contributed by atoms with Gasteiger partial charge in [0.15, 0.2) is 0 Å². The Morgan fingerprint density at radius 2 is 1.76 bits per heavy atom. The van der Waals surface area contributed by atoms with Gasteiger partial charge in [0.1, 0.15) is 12.4 Å². The molecule has 110 valence electrons. The van der Waals surface area contributed by atoms with E-state index in [1.165, 1.54) is 0 Å². The summed E-state index contributed by atoms with van der Waals surface area (Å²) in [6.45, 7) is 0.494. The maximum absolute atomic E-state index is 5.89. The molecule has 0 atom stereocenters. The SMILES string of the molecule is Clc1ccc(Sc2ccc(OCC=C(Br)Br)c(Br)c2)cc1. The van der Waals surface area contributed by atoms with Gasteiger partial charge in [-0.25, -0.2) is 0 Å². The fraction of sp³-hybridized carbons (Fsp3) is 0.0667. The summed E-state index contributed by atoms with van der Waals surface area (Å²) in [5.41, 5.74) is 0. The van der Waals surface area contributed by atoms with Crippen LogP contribution < -0.4 is 4.74 Å². The highest BCUT2D eigenvalue weighted by molar-refractivity contribution is 9.28. The summed E-state index contributed by atoms with van der Waals surface area (Å²) in [5.74, 6) is 0.813. The van der Waals surface area contributed by atoms with Gasteiger partial charge in [-0.05, 0) is 96.3 Å². The Balaban J connectivity index is 2.04. The van der Waals surface area contributed by atoms with Gasteiger partial charge < -0.3 is 4.74 Å². The van der Waals surface area contributed by atoms with Crippen molar-refractivity contribution in [1.29, 1.82) is 0 Å². The average Bonchev–Trinajstić information content (AvgIpc) is 2.43. The lowest BCUT2D eigenvalue weighted by Gasteiger charge is -2.08. The highest BCUT2D eigenvalue weighted by Gasteiger charge is 2.04. The van der Waals surface area contributed by atoms with Crippen molar-refractivity contribution < 1.29 is 4.74 Å². The van der Waals surface area contributed by atoms with Gasteiger partial charge in [0.05, 0.1) is 7.86 Å². The Morgan fingerprint density at radius 1 is 1.10 bits per heavy atom. The summed E-state index contributed by atoms with van der Waals surface area (Å²) in [5, 5.41) is 0.746. The van der Waals surface area contributed by atoms with Crippen LogP contribution in [0.15, 0.2) is 66.2 Å². The van der Waals surface area contributed by atoms with Gasteiger partial charge in [-0.3, -0.25) is 0 Å². The zero-order valence-electron chi connectivity index (χ0n) is 10.7. The lowest BCUT2D eigenvalue weighted by Crippen LogP contribution is -1.94. The monoisotopic (exact) mass is 510 g/mol. The summed E-state index contributed by atoms with van der Waals surface area (Å²) in [4.78, 5) is 2.28. The number of benzene rings is 2. The molecule has 0 bridgehead atoms. The Labute approximate surface area is 158 Å². The van der Waals surface area contributed by atoms with Gasteiger partial charge in [0.25, 0.3) is 0 Å². The smallest absolute Gasteiger partial charge is 0.134 e. The van der Waals surface area contributed by atoms with Gasteiger partial charge >= 0.3 is 0 Å². The topological polar surface area (TPSA) is 9.23 Å². The van der Waals surface area contributed by atoms with E-state index in [0.29, 0.717) is 6.61 Å². The zero-order valence-corrected chi connectivity index (χ0v) is 17.0. The molecule has 6 heteroatoms. The molecule has 0 spiro atoms. The van der Waals surface area contributed by atoms with Crippen LogP contribution in [0.2, 0.25) is 5.02 Å². The van der Waals surface area contributed by atoms with Crippen LogP contribution in [0.3, 0.4) is 0 Å². The van der Waals surface area contributed by atoms with Crippen molar-refractivity contribution >= 4 is 71.2 Å². The maximum Gasteiger partial charge on any atom is 0.134 e. The molecule has 0 aliphatic rings. The molecule has 0 fully saturated rings. The van der Waals surface area contributed by atoms with E-state index < -0.39 is 0 Å². The van der Waals surface area contributed by atoms with E-state index in [2.05, 4.69) is 47.8 Å². The first-order valence-corrected chi connectivity index (χ1v) is 9.49. The molecule has 2 aromatic rings. The number of hydrogen-bond acceptors (Lipinski definition) is 2. The minimum Gasteiger partial charge on any atom is -0.488 e. The van der Waals surface area contributed by atoms with Crippen LogP contribution in [0.4, 0.5) is 0 Å². The van der Waals surface area contributed by atoms with Crippen molar-refractivity contribution in [2.24, 2.45) is 0 Å². The van der Waals surface area contributed by atoms with Crippen molar-refractivity contribution in [1.82, 2.24) is 0 Å².